The van der Waals surface area contributed by atoms with Gasteiger partial charge in [-0.05, 0) is 5.41 Å². The second-order valence-electron chi connectivity index (χ2n) is 5.59. The predicted octanol–water partition coefficient (Wildman–Crippen LogP) is 2.41. The summed E-state index contributed by atoms with van der Waals surface area (Å²) in [6.07, 6.45) is -0.670. The van der Waals surface area contributed by atoms with E-state index in [1.165, 1.54) is 0 Å². The molecule has 2 nitrogen and oxygen atoms in total. The zero-order valence-electron chi connectivity index (χ0n) is 9.14. The van der Waals surface area contributed by atoms with Crippen LogP contribution in [-0.2, 0) is 4.74 Å². The minimum Gasteiger partial charge on any atom is -0.368 e. The molecule has 1 N–H and O–H groups in total. The highest BCUT2D eigenvalue weighted by Crippen LogP contribution is 2.22. The third kappa shape index (κ3) is 5.56. The molecule has 0 aromatic heterocycles. The number of aliphatic hydroxyl groups excluding tert-OH is 1. The lowest BCUT2D eigenvalue weighted by Crippen LogP contribution is -2.31. The van der Waals surface area contributed by atoms with Crippen LogP contribution in [-0.4, -0.2) is 18.0 Å². The Morgan fingerprint density at radius 3 is 1.75 bits per heavy atom. The maximum atomic E-state index is 9.53. The number of rotatable bonds is 2. The second-order valence-corrected chi connectivity index (χ2v) is 5.59. The number of aliphatic hydroxyl groups is 1. The molecule has 0 amide bonds. The van der Waals surface area contributed by atoms with E-state index in [0.717, 1.165) is 0 Å². The molecule has 1 unspecified atom stereocenters. The van der Waals surface area contributed by atoms with Crippen molar-refractivity contribution in [3.05, 3.63) is 0 Å². The molecule has 0 heterocycles. The lowest BCUT2D eigenvalue weighted by molar-refractivity contribution is -0.172. The molecule has 0 aliphatic heterocycles. The van der Waals surface area contributed by atoms with Crippen LogP contribution < -0.4 is 0 Å². The fourth-order valence-electron chi connectivity index (χ4n) is 0.579. The van der Waals surface area contributed by atoms with Gasteiger partial charge in [0.05, 0.1) is 6.61 Å². The van der Waals surface area contributed by atoms with Gasteiger partial charge in [0.25, 0.3) is 0 Å². The van der Waals surface area contributed by atoms with Crippen molar-refractivity contribution in [1.29, 1.82) is 0 Å². The number of hydrogen-bond donors (Lipinski definition) is 1. The molecule has 0 saturated carbocycles. The van der Waals surface area contributed by atoms with Crippen molar-refractivity contribution in [2.45, 2.75) is 47.8 Å². The summed E-state index contributed by atoms with van der Waals surface area (Å²) in [6, 6.07) is 0. The van der Waals surface area contributed by atoms with Crippen molar-refractivity contribution in [1.82, 2.24) is 0 Å². The maximum absolute atomic E-state index is 9.53. The van der Waals surface area contributed by atoms with Gasteiger partial charge in [-0.15, -0.1) is 0 Å². The van der Waals surface area contributed by atoms with Gasteiger partial charge in [0.1, 0.15) is 0 Å². The summed E-state index contributed by atoms with van der Waals surface area (Å²) in [5.41, 5.74) is -0.0719. The smallest absolute Gasteiger partial charge is 0.159 e. The first-order valence-corrected chi connectivity index (χ1v) is 4.42. The molecule has 0 fully saturated rings. The highest BCUT2D eigenvalue weighted by molar-refractivity contribution is 4.66. The normalized spacial score (nSPS) is 16.2. The Kier molecular flexibility index (Phi) is 3.73. The van der Waals surface area contributed by atoms with Crippen LogP contribution in [0.1, 0.15) is 41.5 Å². The summed E-state index contributed by atoms with van der Waals surface area (Å²) in [5, 5.41) is 9.53. The van der Waals surface area contributed by atoms with Crippen molar-refractivity contribution in [2.24, 2.45) is 10.8 Å². The molecule has 12 heavy (non-hydrogen) atoms. The lowest BCUT2D eigenvalue weighted by Gasteiger charge is -2.28. The first-order valence-electron chi connectivity index (χ1n) is 4.42. The molecule has 0 aliphatic rings. The molecular formula is C10H22O2. The molecule has 0 saturated heterocycles. The van der Waals surface area contributed by atoms with Gasteiger partial charge in [0.2, 0.25) is 0 Å². The van der Waals surface area contributed by atoms with Crippen LogP contribution in [0.4, 0.5) is 0 Å². The third-order valence-corrected chi connectivity index (χ3v) is 1.42. The quantitative estimate of drug-likeness (QED) is 0.651. The average Bonchev–Trinajstić information content (AvgIpc) is 1.78. The van der Waals surface area contributed by atoms with E-state index >= 15 is 0 Å². The van der Waals surface area contributed by atoms with Crippen molar-refractivity contribution in [3.63, 3.8) is 0 Å². The largest absolute Gasteiger partial charge is 0.368 e. The molecule has 0 rings (SSSR count). The van der Waals surface area contributed by atoms with Crippen LogP contribution >= 0.6 is 0 Å². The fraction of sp³-hybridized carbons (Fsp3) is 1.00. The molecule has 0 bridgehead atoms. The van der Waals surface area contributed by atoms with Crippen LogP contribution in [0.2, 0.25) is 0 Å². The van der Waals surface area contributed by atoms with Gasteiger partial charge >= 0.3 is 0 Å². The minimum absolute atomic E-state index is 0.117. The standard InChI is InChI=1S/C10H22O2/c1-9(2,3)7-12-8(11)10(4,5)6/h8,11H,7H2,1-6H3. The summed E-state index contributed by atoms with van der Waals surface area (Å²) < 4.78 is 5.33. The highest BCUT2D eigenvalue weighted by Gasteiger charge is 2.24. The van der Waals surface area contributed by atoms with Gasteiger partial charge in [-0.25, -0.2) is 0 Å². The van der Waals surface area contributed by atoms with Crippen LogP contribution in [0.3, 0.4) is 0 Å². The van der Waals surface area contributed by atoms with E-state index in [9.17, 15) is 5.11 Å². The Labute approximate surface area is 75.9 Å². The first kappa shape index (κ1) is 11.9. The molecule has 0 aromatic carbocycles. The van der Waals surface area contributed by atoms with Crippen LogP contribution in [0.25, 0.3) is 0 Å². The Balaban J connectivity index is 3.80. The summed E-state index contributed by atoms with van der Waals surface area (Å²) in [4.78, 5) is 0. The van der Waals surface area contributed by atoms with Gasteiger partial charge < -0.3 is 9.84 Å². The molecule has 74 valence electrons. The van der Waals surface area contributed by atoms with Crippen LogP contribution in [0.15, 0.2) is 0 Å². The van der Waals surface area contributed by atoms with E-state index in [0.29, 0.717) is 6.61 Å². The van der Waals surface area contributed by atoms with E-state index in [2.05, 4.69) is 20.8 Å². The SMILES string of the molecule is CC(C)(C)COC(O)C(C)(C)C. The van der Waals surface area contributed by atoms with Crippen molar-refractivity contribution in [3.8, 4) is 0 Å². The van der Waals surface area contributed by atoms with E-state index in [-0.39, 0.29) is 10.8 Å². The summed E-state index contributed by atoms with van der Waals surface area (Å²) in [7, 11) is 0. The molecular weight excluding hydrogens is 152 g/mol. The molecule has 2 heteroatoms. The highest BCUT2D eigenvalue weighted by atomic mass is 16.6. The van der Waals surface area contributed by atoms with Crippen molar-refractivity contribution >= 4 is 0 Å². The number of hydrogen-bond acceptors (Lipinski definition) is 2. The number of ether oxygens (including phenoxy) is 1. The molecule has 0 radical (unpaired) electrons. The zero-order valence-corrected chi connectivity index (χ0v) is 9.14. The van der Waals surface area contributed by atoms with Gasteiger partial charge in [-0.1, -0.05) is 41.5 Å². The van der Waals surface area contributed by atoms with Gasteiger partial charge in [-0.2, -0.15) is 0 Å². The Hall–Kier alpha value is -0.0800. The van der Waals surface area contributed by atoms with Crippen molar-refractivity contribution in [2.75, 3.05) is 6.61 Å². The molecule has 0 spiro atoms. The van der Waals surface area contributed by atoms with Gasteiger partial charge in [-0.3, -0.25) is 0 Å². The van der Waals surface area contributed by atoms with Crippen LogP contribution in [0, 0.1) is 10.8 Å². The van der Waals surface area contributed by atoms with Crippen LogP contribution in [0.5, 0.6) is 0 Å². The second kappa shape index (κ2) is 3.75. The Morgan fingerprint density at radius 1 is 1.08 bits per heavy atom. The fourth-order valence-corrected chi connectivity index (χ4v) is 0.579. The molecule has 1 atom stereocenters. The van der Waals surface area contributed by atoms with E-state index < -0.39 is 6.29 Å². The van der Waals surface area contributed by atoms with Crippen molar-refractivity contribution < 1.29 is 9.84 Å². The Bertz CT molecular complexity index is 128. The Morgan fingerprint density at radius 2 is 1.50 bits per heavy atom. The third-order valence-electron chi connectivity index (χ3n) is 1.42. The van der Waals surface area contributed by atoms with E-state index in [1.54, 1.807) is 0 Å². The van der Waals surface area contributed by atoms with E-state index in [4.69, 9.17) is 4.74 Å². The maximum Gasteiger partial charge on any atom is 0.159 e. The summed E-state index contributed by atoms with van der Waals surface area (Å²) in [5.74, 6) is 0. The molecule has 0 aliphatic carbocycles. The predicted molar refractivity (Wildman–Crippen MR) is 50.9 cm³/mol. The van der Waals surface area contributed by atoms with Gasteiger partial charge in [0.15, 0.2) is 6.29 Å². The first-order chi connectivity index (χ1) is 5.13. The minimum atomic E-state index is -0.670. The lowest BCUT2D eigenvalue weighted by atomic mass is 9.95. The average molecular weight is 174 g/mol. The topological polar surface area (TPSA) is 29.5 Å². The van der Waals surface area contributed by atoms with E-state index in [1.807, 2.05) is 20.8 Å². The molecule has 0 aromatic rings. The summed E-state index contributed by atoms with van der Waals surface area (Å²) in [6.45, 7) is 12.7. The zero-order chi connectivity index (χ0) is 9.99. The summed E-state index contributed by atoms with van der Waals surface area (Å²) >= 11 is 0. The monoisotopic (exact) mass is 174 g/mol. The van der Waals surface area contributed by atoms with Gasteiger partial charge in [0, 0.05) is 5.41 Å².